The number of ether oxygens (including phenoxy) is 3. The maximum absolute atomic E-state index is 12.1. The van der Waals surface area contributed by atoms with Crippen LogP contribution < -0.4 is 19.5 Å². The lowest BCUT2D eigenvalue weighted by Gasteiger charge is -2.13. The summed E-state index contributed by atoms with van der Waals surface area (Å²) < 4.78 is 16.0. The number of carbonyl (C=O) groups excluding carboxylic acids is 1. The molecule has 0 fully saturated rings. The monoisotopic (exact) mass is 336 g/mol. The smallest absolute Gasteiger partial charge is 0.264 e. The molecule has 132 valence electrons. The minimum absolute atomic E-state index is 0.144. The second kappa shape index (κ2) is 8.42. The van der Waals surface area contributed by atoms with Crippen LogP contribution in [0.4, 0.5) is 0 Å². The number of nitrogens with zero attached hydrogens (tertiary/aromatic N) is 1. The molecule has 0 radical (unpaired) electrons. The lowest BCUT2D eigenvalue weighted by molar-refractivity contribution is -0.131. The van der Waals surface area contributed by atoms with Crippen molar-refractivity contribution in [3.05, 3.63) is 17.7 Å². The molecule has 0 saturated heterocycles. The van der Waals surface area contributed by atoms with Crippen molar-refractivity contribution in [2.24, 2.45) is 5.16 Å². The van der Waals surface area contributed by atoms with Crippen LogP contribution in [0.3, 0.4) is 0 Å². The van der Waals surface area contributed by atoms with Gasteiger partial charge in [0.2, 0.25) is 11.9 Å². The minimum Gasteiger partial charge on any atom is -0.493 e. The van der Waals surface area contributed by atoms with Gasteiger partial charge in [-0.25, -0.2) is 0 Å². The molecule has 0 aromatic heterocycles. The van der Waals surface area contributed by atoms with Gasteiger partial charge in [0.05, 0.1) is 27.0 Å². The lowest BCUT2D eigenvalue weighted by Crippen LogP contribution is -2.35. The SMILES string of the molecule is CCCCNC(=O)[C@H]1CC(c2cc(OC)c(OC)c(OC)c2)=NO1. The van der Waals surface area contributed by atoms with Crippen LogP contribution in [0, 0.1) is 0 Å². The first-order valence-electron chi connectivity index (χ1n) is 7.95. The predicted octanol–water partition coefficient (Wildman–Crippen LogP) is 2.12. The summed E-state index contributed by atoms with van der Waals surface area (Å²) in [6.07, 6.45) is 1.77. The number of rotatable bonds is 8. The number of benzene rings is 1. The van der Waals surface area contributed by atoms with E-state index in [-0.39, 0.29) is 5.91 Å². The van der Waals surface area contributed by atoms with Crippen LogP contribution in [0.25, 0.3) is 0 Å². The quantitative estimate of drug-likeness (QED) is 0.736. The summed E-state index contributed by atoms with van der Waals surface area (Å²) in [4.78, 5) is 17.3. The van der Waals surface area contributed by atoms with Crippen molar-refractivity contribution in [3.63, 3.8) is 0 Å². The Balaban J connectivity index is 2.11. The highest BCUT2D eigenvalue weighted by Gasteiger charge is 2.29. The zero-order valence-corrected chi connectivity index (χ0v) is 14.5. The highest BCUT2D eigenvalue weighted by molar-refractivity contribution is 6.04. The first-order valence-corrected chi connectivity index (χ1v) is 7.95. The molecule has 2 rings (SSSR count). The van der Waals surface area contributed by atoms with E-state index in [2.05, 4.69) is 17.4 Å². The van der Waals surface area contributed by atoms with E-state index in [4.69, 9.17) is 19.0 Å². The minimum atomic E-state index is -0.601. The van der Waals surface area contributed by atoms with Gasteiger partial charge >= 0.3 is 0 Å². The molecule has 1 aliphatic rings. The molecular weight excluding hydrogens is 312 g/mol. The van der Waals surface area contributed by atoms with E-state index in [1.54, 1.807) is 33.5 Å². The highest BCUT2D eigenvalue weighted by Crippen LogP contribution is 2.39. The van der Waals surface area contributed by atoms with Gasteiger partial charge in [-0.1, -0.05) is 18.5 Å². The molecule has 1 aromatic rings. The normalized spacial score (nSPS) is 16.2. The van der Waals surface area contributed by atoms with Crippen LogP contribution in [-0.2, 0) is 9.63 Å². The summed E-state index contributed by atoms with van der Waals surface area (Å²) >= 11 is 0. The molecule has 1 aromatic carbocycles. The third-order valence-electron chi connectivity index (χ3n) is 3.79. The van der Waals surface area contributed by atoms with Crippen molar-refractivity contribution in [3.8, 4) is 17.2 Å². The zero-order valence-electron chi connectivity index (χ0n) is 14.5. The van der Waals surface area contributed by atoms with Crippen LogP contribution in [0.15, 0.2) is 17.3 Å². The summed E-state index contributed by atoms with van der Waals surface area (Å²) in [5.41, 5.74) is 1.44. The molecule has 7 heteroatoms. The van der Waals surface area contributed by atoms with Gasteiger partial charge in [0.25, 0.3) is 5.91 Å². The number of carbonyl (C=O) groups is 1. The van der Waals surface area contributed by atoms with Crippen LogP contribution in [0.1, 0.15) is 31.7 Å². The fourth-order valence-corrected chi connectivity index (χ4v) is 2.44. The van der Waals surface area contributed by atoms with Crippen molar-refractivity contribution in [2.45, 2.75) is 32.3 Å². The predicted molar refractivity (Wildman–Crippen MR) is 90.0 cm³/mol. The van der Waals surface area contributed by atoms with E-state index < -0.39 is 6.10 Å². The lowest BCUT2D eigenvalue weighted by atomic mass is 10.0. The Morgan fingerprint density at radius 2 is 1.92 bits per heavy atom. The fourth-order valence-electron chi connectivity index (χ4n) is 2.44. The molecule has 1 amide bonds. The topological polar surface area (TPSA) is 78.4 Å². The van der Waals surface area contributed by atoms with Crippen molar-refractivity contribution in [1.82, 2.24) is 5.32 Å². The van der Waals surface area contributed by atoms with Crippen molar-refractivity contribution >= 4 is 11.6 Å². The molecule has 0 bridgehead atoms. The average molecular weight is 336 g/mol. The second-order valence-electron chi connectivity index (χ2n) is 5.39. The van der Waals surface area contributed by atoms with Crippen molar-refractivity contribution in [1.29, 1.82) is 0 Å². The molecule has 1 aliphatic heterocycles. The third kappa shape index (κ3) is 3.90. The van der Waals surface area contributed by atoms with Gasteiger partial charge in [-0.15, -0.1) is 0 Å². The number of hydrogen-bond acceptors (Lipinski definition) is 6. The molecule has 1 N–H and O–H groups in total. The summed E-state index contributed by atoms with van der Waals surface area (Å²) in [5, 5.41) is 6.90. The number of unbranched alkanes of at least 4 members (excludes halogenated alkanes) is 1. The molecule has 1 atom stereocenters. The Labute approximate surface area is 141 Å². The Bertz CT molecular complexity index is 590. The number of oxime groups is 1. The van der Waals surface area contributed by atoms with Crippen LogP contribution in [0.5, 0.6) is 17.2 Å². The number of nitrogens with one attached hydrogen (secondary N) is 1. The maximum atomic E-state index is 12.1. The van der Waals surface area contributed by atoms with E-state index in [1.165, 1.54) is 0 Å². The Morgan fingerprint density at radius 3 is 2.46 bits per heavy atom. The summed E-state index contributed by atoms with van der Waals surface area (Å²) in [5.74, 6) is 1.43. The molecule has 0 aliphatic carbocycles. The van der Waals surface area contributed by atoms with Crippen molar-refractivity contribution in [2.75, 3.05) is 27.9 Å². The molecule has 1 heterocycles. The van der Waals surface area contributed by atoms with E-state index in [0.29, 0.717) is 35.9 Å². The standard InChI is InChI=1S/C17H24N2O5/c1-5-6-7-18-17(20)15-10-12(19-24-15)11-8-13(21-2)16(23-4)14(9-11)22-3/h8-9,15H,5-7,10H2,1-4H3,(H,18,20)/t15-/m1/s1. The van der Waals surface area contributed by atoms with Gasteiger partial charge in [-0.05, 0) is 18.6 Å². The van der Waals surface area contributed by atoms with E-state index >= 15 is 0 Å². The average Bonchev–Trinajstić information content (AvgIpc) is 3.10. The molecule has 0 spiro atoms. The highest BCUT2D eigenvalue weighted by atomic mass is 16.6. The van der Waals surface area contributed by atoms with Gasteiger partial charge in [0, 0.05) is 18.5 Å². The summed E-state index contributed by atoms with van der Waals surface area (Å²) in [6, 6.07) is 3.59. The summed E-state index contributed by atoms with van der Waals surface area (Å²) in [6.45, 7) is 2.72. The largest absolute Gasteiger partial charge is 0.493 e. The van der Waals surface area contributed by atoms with E-state index in [1.807, 2.05) is 0 Å². The van der Waals surface area contributed by atoms with Gasteiger partial charge in [0.15, 0.2) is 11.5 Å². The maximum Gasteiger partial charge on any atom is 0.264 e. The van der Waals surface area contributed by atoms with Gasteiger partial charge < -0.3 is 24.4 Å². The molecule has 0 saturated carbocycles. The van der Waals surface area contributed by atoms with Gasteiger partial charge in [-0.3, -0.25) is 4.79 Å². The molecule has 0 unspecified atom stereocenters. The van der Waals surface area contributed by atoms with Crippen LogP contribution in [-0.4, -0.2) is 45.6 Å². The molecule has 24 heavy (non-hydrogen) atoms. The Kier molecular flexibility index (Phi) is 6.28. The Hall–Kier alpha value is -2.44. The fraction of sp³-hybridized carbons (Fsp3) is 0.529. The van der Waals surface area contributed by atoms with E-state index in [9.17, 15) is 4.79 Å². The number of hydrogen-bond donors (Lipinski definition) is 1. The Morgan fingerprint density at radius 1 is 1.25 bits per heavy atom. The molecule has 7 nitrogen and oxygen atoms in total. The number of amides is 1. The van der Waals surface area contributed by atoms with Crippen LogP contribution >= 0.6 is 0 Å². The van der Waals surface area contributed by atoms with Gasteiger partial charge in [0.1, 0.15) is 0 Å². The van der Waals surface area contributed by atoms with Gasteiger partial charge in [-0.2, -0.15) is 0 Å². The number of methoxy groups -OCH3 is 3. The third-order valence-corrected chi connectivity index (χ3v) is 3.79. The first-order chi connectivity index (χ1) is 11.6. The van der Waals surface area contributed by atoms with E-state index in [0.717, 1.165) is 18.4 Å². The summed E-state index contributed by atoms with van der Waals surface area (Å²) in [7, 11) is 4.66. The first kappa shape index (κ1) is 17.9. The van der Waals surface area contributed by atoms with Crippen LogP contribution in [0.2, 0.25) is 0 Å². The van der Waals surface area contributed by atoms with Crippen molar-refractivity contribution < 1.29 is 23.8 Å². The second-order valence-corrected chi connectivity index (χ2v) is 5.39. The zero-order chi connectivity index (χ0) is 17.5. The molecular formula is C17H24N2O5.